The van der Waals surface area contributed by atoms with Crippen molar-refractivity contribution in [1.29, 1.82) is 0 Å². The van der Waals surface area contributed by atoms with Crippen molar-refractivity contribution in [2.75, 3.05) is 4.90 Å². The van der Waals surface area contributed by atoms with Crippen LogP contribution >= 0.6 is 0 Å². The molecule has 1 heterocycles. The van der Waals surface area contributed by atoms with E-state index < -0.39 is 0 Å². The average Bonchev–Trinajstić information content (AvgIpc) is 3.38. The lowest BCUT2D eigenvalue weighted by molar-refractivity contribution is 1.18. The van der Waals surface area contributed by atoms with E-state index in [4.69, 9.17) is 0 Å². The third-order valence-electron chi connectivity index (χ3n) is 8.13. The number of aromatic nitrogens is 1. The van der Waals surface area contributed by atoms with Crippen molar-refractivity contribution in [3.05, 3.63) is 170 Å². The van der Waals surface area contributed by atoms with Gasteiger partial charge in [0.05, 0.1) is 11.0 Å². The number of hydrogen-bond donors (Lipinski definition) is 0. The van der Waals surface area contributed by atoms with Gasteiger partial charge in [-0.2, -0.15) is 0 Å². The fraction of sp³-hybridized carbons (Fsp3) is 0. The zero-order valence-corrected chi connectivity index (χ0v) is 23.1. The maximum absolute atomic E-state index is 2.38. The van der Waals surface area contributed by atoms with Gasteiger partial charge < -0.3 is 9.47 Å². The number of anilines is 3. The van der Waals surface area contributed by atoms with E-state index in [2.05, 4.69) is 179 Å². The molecule has 2 nitrogen and oxygen atoms in total. The molecule has 0 spiro atoms. The van der Waals surface area contributed by atoms with Crippen LogP contribution < -0.4 is 4.90 Å². The quantitative estimate of drug-likeness (QED) is 0.212. The molecule has 0 saturated heterocycles. The molecule has 8 rings (SSSR count). The molecule has 0 unspecified atom stereocenters. The van der Waals surface area contributed by atoms with E-state index in [9.17, 15) is 0 Å². The minimum atomic E-state index is 1.13. The van der Waals surface area contributed by atoms with Crippen molar-refractivity contribution in [2.45, 2.75) is 0 Å². The normalized spacial score (nSPS) is 11.3. The molecule has 0 N–H and O–H groups in total. The number of para-hydroxylation sites is 3. The Labute approximate surface area is 245 Å². The molecule has 2 heteroatoms. The van der Waals surface area contributed by atoms with Crippen molar-refractivity contribution >= 4 is 49.6 Å². The highest BCUT2D eigenvalue weighted by atomic mass is 15.1. The Morgan fingerprint density at radius 1 is 0.357 bits per heavy atom. The van der Waals surface area contributed by atoms with Crippen LogP contribution in [0.15, 0.2) is 170 Å². The highest BCUT2D eigenvalue weighted by Gasteiger charge is 2.16. The minimum Gasteiger partial charge on any atom is -0.310 e. The highest BCUT2D eigenvalue weighted by Crippen LogP contribution is 2.39. The van der Waals surface area contributed by atoms with Gasteiger partial charge in [-0.3, -0.25) is 0 Å². The highest BCUT2D eigenvalue weighted by molar-refractivity contribution is 6.14. The summed E-state index contributed by atoms with van der Waals surface area (Å²) in [4.78, 5) is 2.34. The summed E-state index contributed by atoms with van der Waals surface area (Å²) in [5.41, 5.74) is 9.44. The summed E-state index contributed by atoms with van der Waals surface area (Å²) >= 11 is 0. The van der Waals surface area contributed by atoms with Gasteiger partial charge in [-0.05, 0) is 88.6 Å². The van der Waals surface area contributed by atoms with Gasteiger partial charge in [0.15, 0.2) is 0 Å². The number of hydrogen-bond acceptors (Lipinski definition) is 1. The second-order valence-corrected chi connectivity index (χ2v) is 10.7. The lowest BCUT2D eigenvalue weighted by atomic mass is 10.0. The van der Waals surface area contributed by atoms with Crippen molar-refractivity contribution in [3.8, 4) is 16.8 Å². The number of nitrogens with zero attached hydrogens (tertiary/aromatic N) is 2. The third-order valence-corrected chi connectivity index (χ3v) is 8.13. The van der Waals surface area contributed by atoms with E-state index in [1.807, 2.05) is 0 Å². The van der Waals surface area contributed by atoms with Crippen molar-refractivity contribution < 1.29 is 0 Å². The summed E-state index contributed by atoms with van der Waals surface area (Å²) in [6, 6.07) is 60.9. The predicted molar refractivity (Wildman–Crippen MR) is 178 cm³/mol. The molecule has 0 radical (unpaired) electrons. The monoisotopic (exact) mass is 536 g/mol. The van der Waals surface area contributed by atoms with E-state index in [0.29, 0.717) is 0 Å². The Morgan fingerprint density at radius 3 is 1.71 bits per heavy atom. The molecule has 0 amide bonds. The average molecular weight is 537 g/mol. The van der Waals surface area contributed by atoms with E-state index in [1.54, 1.807) is 0 Å². The number of rotatable bonds is 5. The molecular weight excluding hydrogens is 508 g/mol. The molecule has 0 aliphatic carbocycles. The number of fused-ring (bicyclic) bond motifs is 4. The van der Waals surface area contributed by atoms with Gasteiger partial charge in [0, 0.05) is 33.5 Å². The van der Waals surface area contributed by atoms with Crippen molar-refractivity contribution in [2.24, 2.45) is 0 Å². The van der Waals surface area contributed by atoms with Crippen LogP contribution in [0.2, 0.25) is 0 Å². The molecule has 42 heavy (non-hydrogen) atoms. The molecular formula is C40H28N2. The van der Waals surface area contributed by atoms with Gasteiger partial charge >= 0.3 is 0 Å². The lowest BCUT2D eigenvalue weighted by Gasteiger charge is -2.26. The summed E-state index contributed by atoms with van der Waals surface area (Å²) in [6.07, 6.45) is 0. The molecule has 7 aromatic carbocycles. The fourth-order valence-electron chi connectivity index (χ4n) is 6.15. The van der Waals surface area contributed by atoms with E-state index >= 15 is 0 Å². The molecule has 0 saturated carbocycles. The van der Waals surface area contributed by atoms with Crippen LogP contribution in [0.4, 0.5) is 17.1 Å². The second-order valence-electron chi connectivity index (χ2n) is 10.7. The maximum atomic E-state index is 2.38. The predicted octanol–water partition coefficient (Wildman–Crippen LogP) is 11.1. The van der Waals surface area contributed by atoms with Crippen LogP contribution in [0.25, 0.3) is 49.4 Å². The first-order valence-electron chi connectivity index (χ1n) is 14.4. The first kappa shape index (κ1) is 24.2. The van der Waals surface area contributed by atoms with Gasteiger partial charge in [0.25, 0.3) is 0 Å². The Balaban J connectivity index is 1.29. The summed E-state index contributed by atoms with van der Waals surface area (Å²) in [5.74, 6) is 0. The molecule has 0 aliphatic rings. The van der Waals surface area contributed by atoms with Gasteiger partial charge in [0.1, 0.15) is 0 Å². The van der Waals surface area contributed by atoms with E-state index in [0.717, 1.165) is 17.1 Å². The van der Waals surface area contributed by atoms with Crippen molar-refractivity contribution in [1.82, 2.24) is 4.57 Å². The Kier molecular flexibility index (Phi) is 5.82. The smallest absolute Gasteiger partial charge is 0.0547 e. The largest absolute Gasteiger partial charge is 0.310 e. The molecule has 0 fully saturated rings. The standard InChI is InChI=1S/C40H28N2/c1-4-12-29(13-5-1)30-20-23-35(24-21-30)41(33-14-6-2-7-15-33)36-25-22-31-28-40-38(27-32(31)26-36)37-18-10-11-19-39(37)42(40)34-16-8-3-9-17-34/h1-28H. The Hall–Kier alpha value is -5.60. The van der Waals surface area contributed by atoms with Gasteiger partial charge in [-0.15, -0.1) is 0 Å². The lowest BCUT2D eigenvalue weighted by Crippen LogP contribution is -2.09. The molecule has 0 bridgehead atoms. The molecule has 0 aliphatic heterocycles. The zero-order valence-electron chi connectivity index (χ0n) is 23.1. The molecule has 0 atom stereocenters. The van der Waals surface area contributed by atoms with Crippen LogP contribution in [0.5, 0.6) is 0 Å². The first-order valence-corrected chi connectivity index (χ1v) is 14.4. The van der Waals surface area contributed by atoms with E-state index in [-0.39, 0.29) is 0 Å². The second kappa shape index (κ2) is 10.1. The maximum Gasteiger partial charge on any atom is 0.0547 e. The topological polar surface area (TPSA) is 8.17 Å². The summed E-state index contributed by atoms with van der Waals surface area (Å²) in [6.45, 7) is 0. The van der Waals surface area contributed by atoms with Gasteiger partial charge in [-0.25, -0.2) is 0 Å². The van der Waals surface area contributed by atoms with E-state index in [1.165, 1.54) is 49.4 Å². The van der Waals surface area contributed by atoms with Crippen LogP contribution in [-0.2, 0) is 0 Å². The molecule has 8 aromatic rings. The molecule has 1 aromatic heterocycles. The summed E-state index contributed by atoms with van der Waals surface area (Å²) in [5, 5.41) is 4.97. The Morgan fingerprint density at radius 2 is 0.952 bits per heavy atom. The van der Waals surface area contributed by atoms with Crippen LogP contribution in [0, 0.1) is 0 Å². The molecule has 198 valence electrons. The van der Waals surface area contributed by atoms with Crippen LogP contribution in [0.1, 0.15) is 0 Å². The summed E-state index contributed by atoms with van der Waals surface area (Å²) in [7, 11) is 0. The Bertz CT molecular complexity index is 2160. The zero-order chi connectivity index (χ0) is 27.9. The fourth-order valence-corrected chi connectivity index (χ4v) is 6.15. The van der Waals surface area contributed by atoms with Crippen molar-refractivity contribution in [3.63, 3.8) is 0 Å². The minimum absolute atomic E-state index is 1.13. The first-order chi connectivity index (χ1) is 20.8. The summed E-state index contributed by atoms with van der Waals surface area (Å²) < 4.78 is 2.38. The van der Waals surface area contributed by atoms with Crippen LogP contribution in [0.3, 0.4) is 0 Å². The van der Waals surface area contributed by atoms with Crippen LogP contribution in [-0.4, -0.2) is 4.57 Å². The third kappa shape index (κ3) is 4.13. The SMILES string of the molecule is c1ccc(-c2ccc(N(c3ccccc3)c3ccc4cc5c(cc4c3)c3ccccc3n5-c3ccccc3)cc2)cc1. The van der Waals surface area contributed by atoms with Gasteiger partial charge in [0.2, 0.25) is 0 Å². The number of benzene rings is 7. The van der Waals surface area contributed by atoms with Gasteiger partial charge in [-0.1, -0.05) is 103 Å².